The number of carbonyl (C=O) groups is 1. The summed E-state index contributed by atoms with van der Waals surface area (Å²) >= 11 is 0. The largest absolute Gasteiger partial charge is 0.494 e. The number of nitrogens with zero attached hydrogens (tertiary/aromatic N) is 3. The predicted octanol–water partition coefficient (Wildman–Crippen LogP) is 4.63. The molecule has 7 nitrogen and oxygen atoms in total. The first-order valence-electron chi connectivity index (χ1n) is 12.3. The highest BCUT2D eigenvalue weighted by Gasteiger charge is 2.42. The second kappa shape index (κ2) is 10.4. The molecule has 0 radical (unpaired) electrons. The average molecular weight is 501 g/mol. The van der Waals surface area contributed by atoms with Crippen molar-refractivity contribution in [3.05, 3.63) is 89.7 Å². The van der Waals surface area contributed by atoms with Crippen molar-refractivity contribution in [2.45, 2.75) is 25.8 Å². The number of anilines is 1. The highest BCUT2D eigenvalue weighted by Crippen LogP contribution is 2.38. The fourth-order valence-corrected chi connectivity index (χ4v) is 4.97. The lowest BCUT2D eigenvalue weighted by molar-refractivity contribution is -0.132. The summed E-state index contributed by atoms with van der Waals surface area (Å²) in [5.74, 6) is -0.457. The van der Waals surface area contributed by atoms with Crippen LogP contribution in [0.4, 0.5) is 10.3 Å². The fraction of sp³-hybridized carbons (Fsp3) is 0.276. The van der Waals surface area contributed by atoms with Crippen LogP contribution in [-0.2, 0) is 17.8 Å². The quantitative estimate of drug-likeness (QED) is 0.385. The van der Waals surface area contributed by atoms with Gasteiger partial charge in [0, 0.05) is 25.7 Å². The van der Waals surface area contributed by atoms with Crippen LogP contribution in [0, 0.1) is 11.2 Å². The average Bonchev–Trinajstić information content (AvgIpc) is 2.93. The highest BCUT2D eigenvalue weighted by atomic mass is 19.1. The number of ether oxygens (including phenoxy) is 1. The number of nitrogens with one attached hydrogen (secondary N) is 1. The van der Waals surface area contributed by atoms with Gasteiger partial charge in [0.25, 0.3) is 0 Å². The van der Waals surface area contributed by atoms with Gasteiger partial charge in [0.1, 0.15) is 0 Å². The van der Waals surface area contributed by atoms with Crippen molar-refractivity contribution in [3.63, 3.8) is 0 Å². The zero-order valence-corrected chi connectivity index (χ0v) is 20.7. The molecule has 2 heterocycles. The number of methoxy groups -OCH3 is 1. The molecule has 8 heteroatoms. The molecule has 0 saturated carbocycles. The Bertz CT molecular complexity index is 1390. The lowest BCUT2D eigenvalue weighted by Crippen LogP contribution is -2.50. The fourth-order valence-electron chi connectivity index (χ4n) is 4.97. The van der Waals surface area contributed by atoms with Crippen molar-refractivity contribution < 1.29 is 19.0 Å². The summed E-state index contributed by atoms with van der Waals surface area (Å²) in [7, 11) is 1.38. The molecule has 1 amide bonds. The molecule has 190 valence electrons. The molecule has 1 aromatic heterocycles. The topological polar surface area (TPSA) is 87.6 Å². The Hall–Kier alpha value is -4.20. The summed E-state index contributed by atoms with van der Waals surface area (Å²) < 4.78 is 19.2. The van der Waals surface area contributed by atoms with Gasteiger partial charge in [-0.2, -0.15) is 4.98 Å². The lowest BCUT2D eigenvalue weighted by atomic mass is 9.73. The number of fused-ring (bicyclic) bond motifs is 1. The van der Waals surface area contributed by atoms with E-state index in [-0.39, 0.29) is 22.9 Å². The van der Waals surface area contributed by atoms with Crippen LogP contribution in [0.15, 0.2) is 72.8 Å². The van der Waals surface area contributed by atoms with Gasteiger partial charge in [0.2, 0.25) is 17.7 Å². The number of halogens is 1. The molecule has 0 bridgehead atoms. The summed E-state index contributed by atoms with van der Waals surface area (Å²) in [5.41, 5.74) is 1.97. The number of benzene rings is 3. The molecule has 1 aliphatic heterocycles. The van der Waals surface area contributed by atoms with Crippen LogP contribution in [0.3, 0.4) is 0 Å². The Balaban J connectivity index is 1.38. The first kappa shape index (κ1) is 24.5. The van der Waals surface area contributed by atoms with Crippen LogP contribution in [0.1, 0.15) is 24.0 Å². The predicted molar refractivity (Wildman–Crippen MR) is 140 cm³/mol. The lowest BCUT2D eigenvalue weighted by Gasteiger charge is -2.41. The normalized spacial score (nSPS) is 14.9. The van der Waals surface area contributed by atoms with Crippen LogP contribution in [0.25, 0.3) is 10.9 Å². The van der Waals surface area contributed by atoms with E-state index in [0.29, 0.717) is 50.4 Å². The van der Waals surface area contributed by atoms with Gasteiger partial charge in [-0.1, -0.05) is 60.7 Å². The maximum Gasteiger partial charge on any atom is 0.229 e. The van der Waals surface area contributed by atoms with E-state index in [0.717, 1.165) is 11.1 Å². The minimum atomic E-state index is -0.591. The van der Waals surface area contributed by atoms with Gasteiger partial charge in [-0.05, 0) is 36.5 Å². The van der Waals surface area contributed by atoms with Gasteiger partial charge in [-0.15, -0.1) is 0 Å². The van der Waals surface area contributed by atoms with Crippen LogP contribution in [-0.4, -0.2) is 41.2 Å². The van der Waals surface area contributed by atoms with Gasteiger partial charge in [-0.3, -0.25) is 4.79 Å². The van der Waals surface area contributed by atoms with Gasteiger partial charge in [0.05, 0.1) is 23.4 Å². The number of aromatic hydroxyl groups is 1. The summed E-state index contributed by atoms with van der Waals surface area (Å²) in [5, 5.41) is 13.9. The summed E-state index contributed by atoms with van der Waals surface area (Å²) in [6.45, 7) is 1.55. The maximum absolute atomic E-state index is 14.1. The van der Waals surface area contributed by atoms with E-state index >= 15 is 0 Å². The zero-order valence-electron chi connectivity index (χ0n) is 20.7. The Labute approximate surface area is 214 Å². The van der Waals surface area contributed by atoms with E-state index in [9.17, 15) is 14.3 Å². The molecule has 37 heavy (non-hydrogen) atoms. The molecule has 1 saturated heterocycles. The number of piperidine rings is 1. The summed E-state index contributed by atoms with van der Waals surface area (Å²) in [6.07, 6.45) is 1.82. The van der Waals surface area contributed by atoms with Crippen molar-refractivity contribution in [3.8, 4) is 11.6 Å². The third-order valence-electron chi connectivity index (χ3n) is 7.10. The standard InChI is InChI=1S/C29H29FN4O3/c1-37-25-17-24-22(16-23(25)30)26(35)33-28(32-24)34-14-12-29(13-15-34,18-20-8-4-2-5-9-20)27(36)31-19-21-10-6-3-7-11-21/h2-11,16-17H,12-15,18-19H2,1H3,(H,31,36)(H,32,33,35). The third kappa shape index (κ3) is 5.18. The molecule has 0 spiro atoms. The van der Waals surface area contributed by atoms with Gasteiger partial charge >= 0.3 is 0 Å². The smallest absolute Gasteiger partial charge is 0.229 e. The number of hydrogen-bond acceptors (Lipinski definition) is 6. The molecule has 3 aromatic carbocycles. The van der Waals surface area contributed by atoms with E-state index < -0.39 is 11.2 Å². The van der Waals surface area contributed by atoms with Gasteiger partial charge in [0.15, 0.2) is 11.6 Å². The van der Waals surface area contributed by atoms with Gasteiger partial charge in [-0.25, -0.2) is 9.37 Å². The van der Waals surface area contributed by atoms with E-state index in [4.69, 9.17) is 4.74 Å². The minimum absolute atomic E-state index is 0.0299. The Morgan fingerprint density at radius 2 is 1.68 bits per heavy atom. The number of aromatic nitrogens is 2. The number of amides is 1. The Morgan fingerprint density at radius 3 is 2.32 bits per heavy atom. The first-order chi connectivity index (χ1) is 18.0. The zero-order chi connectivity index (χ0) is 25.8. The SMILES string of the molecule is COc1cc2nc(N3CCC(Cc4ccccc4)(C(=O)NCc4ccccc4)CC3)nc(O)c2cc1F. The van der Waals surface area contributed by atoms with E-state index in [1.807, 2.05) is 53.4 Å². The van der Waals surface area contributed by atoms with Crippen LogP contribution in [0.2, 0.25) is 0 Å². The molecule has 0 unspecified atom stereocenters. The summed E-state index contributed by atoms with van der Waals surface area (Å²) in [6, 6.07) is 22.5. The Morgan fingerprint density at radius 1 is 1.03 bits per heavy atom. The van der Waals surface area contributed by atoms with E-state index in [2.05, 4.69) is 27.4 Å². The second-order valence-electron chi connectivity index (χ2n) is 9.45. The maximum atomic E-state index is 14.1. The Kier molecular flexibility index (Phi) is 6.90. The van der Waals surface area contributed by atoms with Crippen molar-refractivity contribution >= 4 is 22.8 Å². The van der Waals surface area contributed by atoms with E-state index in [1.54, 1.807) is 0 Å². The van der Waals surface area contributed by atoms with Crippen LogP contribution in [0.5, 0.6) is 11.6 Å². The second-order valence-corrected chi connectivity index (χ2v) is 9.45. The molecule has 2 N–H and O–H groups in total. The number of carbonyl (C=O) groups excluding carboxylic acids is 1. The molecule has 1 fully saturated rings. The molecule has 0 aliphatic carbocycles. The van der Waals surface area contributed by atoms with Crippen molar-refractivity contribution in [1.29, 1.82) is 0 Å². The molecular formula is C29H29FN4O3. The van der Waals surface area contributed by atoms with Crippen LogP contribution >= 0.6 is 0 Å². The minimum Gasteiger partial charge on any atom is -0.494 e. The van der Waals surface area contributed by atoms with Crippen molar-refractivity contribution in [2.75, 3.05) is 25.1 Å². The van der Waals surface area contributed by atoms with Crippen molar-refractivity contribution in [2.24, 2.45) is 5.41 Å². The third-order valence-corrected chi connectivity index (χ3v) is 7.10. The summed E-state index contributed by atoms with van der Waals surface area (Å²) in [4.78, 5) is 24.4. The molecular weight excluding hydrogens is 471 g/mol. The number of rotatable bonds is 7. The highest BCUT2D eigenvalue weighted by molar-refractivity contribution is 5.86. The molecule has 1 aliphatic rings. The van der Waals surface area contributed by atoms with Gasteiger partial charge < -0.3 is 20.1 Å². The molecule has 5 rings (SSSR count). The molecule has 0 atom stereocenters. The monoisotopic (exact) mass is 500 g/mol. The van der Waals surface area contributed by atoms with Crippen molar-refractivity contribution in [1.82, 2.24) is 15.3 Å². The number of hydrogen-bond donors (Lipinski definition) is 2. The van der Waals surface area contributed by atoms with Crippen LogP contribution < -0.4 is 15.0 Å². The van der Waals surface area contributed by atoms with E-state index in [1.165, 1.54) is 19.2 Å². The molecule has 4 aromatic rings. The first-order valence-corrected chi connectivity index (χ1v) is 12.3.